The molecule has 0 aromatic carbocycles. The minimum atomic E-state index is -0.385. The number of esters is 1. The predicted molar refractivity (Wildman–Crippen MR) is 106 cm³/mol. The molecular weight excluding hydrogens is 362 g/mol. The number of fused-ring (bicyclic) bond motifs is 1. The second-order valence-corrected chi connectivity index (χ2v) is 8.18. The molecule has 0 radical (unpaired) electrons. The van der Waals surface area contributed by atoms with Gasteiger partial charge in [0.15, 0.2) is 6.61 Å². The van der Waals surface area contributed by atoms with Crippen molar-refractivity contribution in [2.24, 2.45) is 0 Å². The zero-order chi connectivity index (χ0) is 19.6. The lowest BCUT2D eigenvalue weighted by molar-refractivity contribution is 0.0473. The summed E-state index contributed by atoms with van der Waals surface area (Å²) >= 11 is 1.63. The van der Waals surface area contributed by atoms with E-state index in [0.717, 1.165) is 36.2 Å². The molecular formula is C21H27NO4S. The average Bonchev–Trinajstić information content (AvgIpc) is 3.20. The Kier molecular flexibility index (Phi) is 6.17. The molecule has 0 unspecified atom stereocenters. The topological polar surface area (TPSA) is 57.5 Å². The summed E-state index contributed by atoms with van der Waals surface area (Å²) in [5, 5.41) is 1.88. The van der Waals surface area contributed by atoms with Crippen LogP contribution in [0.2, 0.25) is 0 Å². The van der Waals surface area contributed by atoms with Crippen LogP contribution in [0.25, 0.3) is 0 Å². The van der Waals surface area contributed by atoms with Crippen LogP contribution in [-0.4, -0.2) is 36.6 Å². The van der Waals surface area contributed by atoms with Crippen molar-refractivity contribution in [3.8, 4) is 0 Å². The zero-order valence-electron chi connectivity index (χ0n) is 16.5. The average molecular weight is 390 g/mol. The van der Waals surface area contributed by atoms with E-state index in [1.807, 2.05) is 25.3 Å². The van der Waals surface area contributed by atoms with Crippen molar-refractivity contribution in [3.63, 3.8) is 0 Å². The summed E-state index contributed by atoms with van der Waals surface area (Å²) in [7, 11) is 1.67. The quantitative estimate of drug-likeness (QED) is 0.523. The Bertz CT molecular complexity index is 849. The molecule has 1 atom stereocenters. The standard InChI is InChI=1S/C21H27NO4S/c1-13-9-17(15(3)22(13)14(2)10-25-4)19(23)11-26-21(24)18-12-27-20-8-6-5-7-16(18)20/h9,12,14H,5-8,10-11H2,1-4H3/t14-/m0/s1. The molecule has 0 saturated heterocycles. The summed E-state index contributed by atoms with van der Waals surface area (Å²) in [6.07, 6.45) is 4.25. The van der Waals surface area contributed by atoms with Gasteiger partial charge in [-0.2, -0.15) is 0 Å². The molecule has 0 amide bonds. The molecule has 1 aliphatic carbocycles. The van der Waals surface area contributed by atoms with E-state index in [1.165, 1.54) is 11.3 Å². The van der Waals surface area contributed by atoms with E-state index in [2.05, 4.69) is 11.5 Å². The zero-order valence-corrected chi connectivity index (χ0v) is 17.3. The van der Waals surface area contributed by atoms with Crippen LogP contribution in [0.15, 0.2) is 11.4 Å². The van der Waals surface area contributed by atoms with Gasteiger partial charge >= 0.3 is 5.97 Å². The van der Waals surface area contributed by atoms with Crippen molar-refractivity contribution < 1.29 is 19.1 Å². The summed E-state index contributed by atoms with van der Waals surface area (Å²) in [6, 6.07) is 2.00. The van der Waals surface area contributed by atoms with Crippen molar-refractivity contribution in [2.45, 2.75) is 52.5 Å². The molecule has 146 valence electrons. The highest BCUT2D eigenvalue weighted by molar-refractivity contribution is 7.10. The number of thiophene rings is 1. The van der Waals surface area contributed by atoms with Crippen molar-refractivity contribution in [1.29, 1.82) is 0 Å². The minimum absolute atomic E-state index is 0.136. The third kappa shape index (κ3) is 4.01. The van der Waals surface area contributed by atoms with Crippen LogP contribution in [0.4, 0.5) is 0 Å². The number of carbonyl (C=O) groups excluding carboxylic acids is 2. The Labute approximate surface area is 164 Å². The largest absolute Gasteiger partial charge is 0.454 e. The maximum Gasteiger partial charge on any atom is 0.339 e. The van der Waals surface area contributed by atoms with Crippen molar-refractivity contribution in [2.75, 3.05) is 20.3 Å². The van der Waals surface area contributed by atoms with Crippen LogP contribution < -0.4 is 0 Å². The van der Waals surface area contributed by atoms with E-state index in [1.54, 1.807) is 18.4 Å². The first-order chi connectivity index (χ1) is 12.9. The molecule has 27 heavy (non-hydrogen) atoms. The first-order valence-electron chi connectivity index (χ1n) is 9.41. The van der Waals surface area contributed by atoms with E-state index in [-0.39, 0.29) is 24.4 Å². The third-order valence-corrected chi connectivity index (χ3v) is 6.34. The lowest BCUT2D eigenvalue weighted by Gasteiger charge is -2.17. The van der Waals surface area contributed by atoms with E-state index < -0.39 is 0 Å². The number of rotatable bonds is 7. The number of nitrogens with zero attached hydrogens (tertiary/aromatic N) is 1. The predicted octanol–water partition coefficient (Wildman–Crippen LogP) is 4.29. The number of hydrogen-bond acceptors (Lipinski definition) is 5. The van der Waals surface area contributed by atoms with Crippen molar-refractivity contribution >= 4 is 23.1 Å². The number of methoxy groups -OCH3 is 1. The minimum Gasteiger partial charge on any atom is -0.454 e. The molecule has 6 heteroatoms. The van der Waals surface area contributed by atoms with Crippen LogP contribution in [0.1, 0.15) is 68.4 Å². The number of aromatic nitrogens is 1. The fourth-order valence-corrected chi connectivity index (χ4v) is 5.12. The highest BCUT2D eigenvalue weighted by Gasteiger charge is 2.23. The van der Waals surface area contributed by atoms with Crippen molar-refractivity contribution in [3.05, 3.63) is 44.4 Å². The molecule has 0 spiro atoms. The highest BCUT2D eigenvalue weighted by atomic mass is 32.1. The second kappa shape index (κ2) is 8.40. The molecule has 2 aromatic heterocycles. The van der Waals surface area contributed by atoms with Gasteiger partial charge in [-0.15, -0.1) is 11.3 Å². The summed E-state index contributed by atoms with van der Waals surface area (Å²) in [4.78, 5) is 26.4. The Morgan fingerprint density at radius 1 is 1.22 bits per heavy atom. The van der Waals surface area contributed by atoms with E-state index in [4.69, 9.17) is 9.47 Å². The molecule has 0 aliphatic heterocycles. The van der Waals surface area contributed by atoms with Gasteiger partial charge < -0.3 is 14.0 Å². The van der Waals surface area contributed by atoms with Crippen LogP contribution in [0, 0.1) is 13.8 Å². The number of carbonyl (C=O) groups is 2. The molecule has 2 heterocycles. The lowest BCUT2D eigenvalue weighted by Crippen LogP contribution is -2.17. The summed E-state index contributed by atoms with van der Waals surface area (Å²) in [5.74, 6) is -0.555. The van der Waals surface area contributed by atoms with Crippen LogP contribution in [0.3, 0.4) is 0 Å². The maximum absolute atomic E-state index is 12.7. The fourth-order valence-electron chi connectivity index (χ4n) is 4.01. The Balaban J connectivity index is 1.68. The molecule has 3 rings (SSSR count). The monoisotopic (exact) mass is 389 g/mol. The van der Waals surface area contributed by atoms with Crippen molar-refractivity contribution in [1.82, 2.24) is 4.57 Å². The molecule has 0 saturated carbocycles. The molecule has 0 fully saturated rings. The Morgan fingerprint density at radius 3 is 2.70 bits per heavy atom. The molecule has 5 nitrogen and oxygen atoms in total. The fraction of sp³-hybridized carbons (Fsp3) is 0.524. The molecule has 2 aromatic rings. The van der Waals surface area contributed by atoms with Gasteiger partial charge in [-0.25, -0.2) is 4.79 Å². The smallest absolute Gasteiger partial charge is 0.339 e. The highest BCUT2D eigenvalue weighted by Crippen LogP contribution is 2.30. The van der Waals surface area contributed by atoms with E-state index in [9.17, 15) is 9.59 Å². The van der Waals surface area contributed by atoms with Crippen LogP contribution in [0.5, 0.6) is 0 Å². The second-order valence-electron chi connectivity index (χ2n) is 7.22. The number of Topliss-reactive ketones (excluding diaryl/α,β-unsaturated/α-hetero) is 1. The SMILES string of the molecule is COC[C@H](C)n1c(C)cc(C(=O)COC(=O)c2csc3c2CCCC3)c1C. The van der Waals surface area contributed by atoms with Gasteiger partial charge in [-0.1, -0.05) is 0 Å². The van der Waals surface area contributed by atoms with E-state index >= 15 is 0 Å². The normalized spacial score (nSPS) is 14.7. The number of ketones is 1. The number of ether oxygens (including phenoxy) is 2. The van der Waals surface area contributed by atoms with Gasteiger partial charge in [0.1, 0.15) is 0 Å². The van der Waals surface area contributed by atoms with E-state index in [0.29, 0.717) is 17.7 Å². The van der Waals surface area contributed by atoms with Gasteiger partial charge in [0.2, 0.25) is 5.78 Å². The molecule has 0 bridgehead atoms. The molecule has 1 aliphatic rings. The lowest BCUT2D eigenvalue weighted by atomic mass is 9.96. The third-order valence-electron chi connectivity index (χ3n) is 5.25. The summed E-state index contributed by atoms with van der Waals surface area (Å²) in [6.45, 7) is 6.29. The summed E-state index contributed by atoms with van der Waals surface area (Å²) < 4.78 is 12.7. The van der Waals surface area contributed by atoms with Gasteiger partial charge in [0.05, 0.1) is 18.2 Å². The van der Waals surface area contributed by atoms with Gasteiger partial charge in [-0.3, -0.25) is 4.79 Å². The first-order valence-corrected chi connectivity index (χ1v) is 10.3. The summed E-state index contributed by atoms with van der Waals surface area (Å²) in [5.41, 5.74) is 4.25. The van der Waals surface area contributed by atoms with Gasteiger partial charge in [0.25, 0.3) is 0 Å². The number of aryl methyl sites for hydroxylation is 2. The van der Waals surface area contributed by atoms with Gasteiger partial charge in [0, 0.05) is 34.3 Å². The number of hydrogen-bond donors (Lipinski definition) is 0. The van der Waals surface area contributed by atoms with Gasteiger partial charge in [-0.05, 0) is 58.1 Å². The Hall–Kier alpha value is -1.92. The maximum atomic E-state index is 12.7. The first kappa shape index (κ1) is 19.8. The van der Waals surface area contributed by atoms with Crippen LogP contribution in [-0.2, 0) is 22.3 Å². The molecule has 0 N–H and O–H groups in total. The van der Waals surface area contributed by atoms with Crippen LogP contribution >= 0.6 is 11.3 Å². The Morgan fingerprint density at radius 2 is 1.96 bits per heavy atom.